The lowest BCUT2D eigenvalue weighted by molar-refractivity contribution is -0.139. The molecule has 0 heterocycles. The molecule has 0 aromatic rings. The molecule has 0 aliphatic rings. The Bertz CT molecular complexity index is 374. The predicted octanol–water partition coefficient (Wildman–Crippen LogP) is 5.34. The standard InChI is InChI=1S/C17H27BrO2/c1-14(2)7-5-8-15(3)9-6-10-16(4)11-12-20-17(19)13-18/h7,9,11H,5-6,8,10,12-13H2,1-4H3. The lowest BCUT2D eigenvalue weighted by Gasteiger charge is -2.02. The number of allylic oxidation sites excluding steroid dienone is 5. The van der Waals surface area contributed by atoms with Crippen LogP contribution in [0.15, 0.2) is 34.9 Å². The molecule has 0 fully saturated rings. The second kappa shape index (κ2) is 12.0. The zero-order valence-corrected chi connectivity index (χ0v) is 14.8. The van der Waals surface area contributed by atoms with Gasteiger partial charge in [-0.05, 0) is 59.5 Å². The summed E-state index contributed by atoms with van der Waals surface area (Å²) in [7, 11) is 0. The van der Waals surface area contributed by atoms with Crippen LogP contribution in [0.2, 0.25) is 0 Å². The molecular formula is C17H27BrO2. The maximum absolute atomic E-state index is 10.9. The smallest absolute Gasteiger partial charge is 0.316 e. The molecule has 0 aromatic heterocycles. The number of carbonyl (C=O) groups excluding carboxylic acids is 1. The zero-order chi connectivity index (χ0) is 15.4. The van der Waals surface area contributed by atoms with E-state index in [0.717, 1.165) is 25.7 Å². The lowest BCUT2D eigenvalue weighted by atomic mass is 10.1. The van der Waals surface area contributed by atoms with Gasteiger partial charge in [0.2, 0.25) is 0 Å². The van der Waals surface area contributed by atoms with Crippen LogP contribution in [0.4, 0.5) is 0 Å². The van der Waals surface area contributed by atoms with Gasteiger partial charge in [0.25, 0.3) is 0 Å². The Morgan fingerprint density at radius 1 is 0.950 bits per heavy atom. The molecule has 0 bridgehead atoms. The quantitative estimate of drug-likeness (QED) is 0.321. The van der Waals surface area contributed by atoms with Crippen molar-refractivity contribution in [1.29, 1.82) is 0 Å². The van der Waals surface area contributed by atoms with Gasteiger partial charge in [-0.15, -0.1) is 0 Å². The van der Waals surface area contributed by atoms with E-state index >= 15 is 0 Å². The molecule has 0 unspecified atom stereocenters. The van der Waals surface area contributed by atoms with Crippen molar-refractivity contribution in [3.63, 3.8) is 0 Å². The first-order valence-corrected chi connectivity index (χ1v) is 8.24. The van der Waals surface area contributed by atoms with Crippen molar-refractivity contribution in [2.75, 3.05) is 11.9 Å². The maximum Gasteiger partial charge on any atom is 0.316 e. The topological polar surface area (TPSA) is 26.3 Å². The minimum absolute atomic E-state index is 0.218. The summed E-state index contributed by atoms with van der Waals surface area (Å²) in [6, 6.07) is 0. The summed E-state index contributed by atoms with van der Waals surface area (Å²) in [5.74, 6) is -0.218. The first-order chi connectivity index (χ1) is 9.45. The van der Waals surface area contributed by atoms with Gasteiger partial charge >= 0.3 is 5.97 Å². The fourth-order valence-corrected chi connectivity index (χ4v) is 1.82. The van der Waals surface area contributed by atoms with Gasteiger partial charge in [-0.3, -0.25) is 4.79 Å². The van der Waals surface area contributed by atoms with E-state index in [9.17, 15) is 4.79 Å². The summed E-state index contributed by atoms with van der Waals surface area (Å²) in [6.07, 6.45) is 10.9. The van der Waals surface area contributed by atoms with Crippen molar-refractivity contribution < 1.29 is 9.53 Å². The minimum Gasteiger partial charge on any atom is -0.461 e. The Kier molecular flexibility index (Phi) is 11.5. The molecule has 0 spiro atoms. The van der Waals surface area contributed by atoms with Crippen molar-refractivity contribution in [2.24, 2.45) is 0 Å². The number of ether oxygens (including phenoxy) is 1. The van der Waals surface area contributed by atoms with Crippen molar-refractivity contribution >= 4 is 21.9 Å². The molecule has 0 amide bonds. The van der Waals surface area contributed by atoms with Crippen LogP contribution in [0.25, 0.3) is 0 Å². The fourth-order valence-electron chi connectivity index (χ4n) is 1.65. The fraction of sp³-hybridized carbons (Fsp3) is 0.588. The Balaban J connectivity index is 3.88. The largest absolute Gasteiger partial charge is 0.461 e. The van der Waals surface area contributed by atoms with Gasteiger partial charge in [-0.1, -0.05) is 44.8 Å². The summed E-state index contributed by atoms with van der Waals surface area (Å²) in [6.45, 7) is 8.91. The number of hydrogen-bond donors (Lipinski definition) is 0. The molecule has 0 aromatic carbocycles. The van der Waals surface area contributed by atoms with E-state index in [0.29, 0.717) is 6.61 Å². The van der Waals surface area contributed by atoms with Gasteiger partial charge in [0.05, 0.1) is 0 Å². The molecule has 0 rings (SSSR count). The lowest BCUT2D eigenvalue weighted by Crippen LogP contribution is -2.05. The normalized spacial score (nSPS) is 12.2. The highest BCUT2D eigenvalue weighted by Crippen LogP contribution is 2.11. The predicted molar refractivity (Wildman–Crippen MR) is 90.2 cm³/mol. The van der Waals surface area contributed by atoms with E-state index < -0.39 is 0 Å². The molecule has 0 aliphatic carbocycles. The number of halogens is 1. The van der Waals surface area contributed by atoms with Crippen LogP contribution in [0.3, 0.4) is 0 Å². The van der Waals surface area contributed by atoms with Crippen molar-refractivity contribution in [1.82, 2.24) is 0 Å². The average Bonchev–Trinajstić information content (AvgIpc) is 2.38. The molecule has 2 nitrogen and oxygen atoms in total. The highest BCUT2D eigenvalue weighted by molar-refractivity contribution is 9.09. The molecule has 3 heteroatoms. The van der Waals surface area contributed by atoms with E-state index in [2.05, 4.69) is 55.8 Å². The van der Waals surface area contributed by atoms with E-state index in [1.165, 1.54) is 16.7 Å². The zero-order valence-electron chi connectivity index (χ0n) is 13.2. The molecule has 0 aliphatic heterocycles. The summed E-state index contributed by atoms with van der Waals surface area (Å²) >= 11 is 3.06. The van der Waals surface area contributed by atoms with E-state index in [1.807, 2.05) is 6.08 Å². The number of carbonyl (C=O) groups is 1. The van der Waals surface area contributed by atoms with Crippen LogP contribution >= 0.6 is 15.9 Å². The second-order valence-corrected chi connectivity index (χ2v) is 5.84. The third-order valence-corrected chi connectivity index (χ3v) is 3.37. The molecule has 0 radical (unpaired) electrons. The summed E-state index contributed by atoms with van der Waals surface area (Å²) in [5.41, 5.74) is 4.09. The third kappa shape index (κ3) is 12.2. The van der Waals surface area contributed by atoms with Gasteiger partial charge in [0.15, 0.2) is 0 Å². The van der Waals surface area contributed by atoms with Gasteiger partial charge in [-0.2, -0.15) is 0 Å². The molecule has 0 N–H and O–H groups in total. The number of rotatable bonds is 9. The Morgan fingerprint density at radius 2 is 1.50 bits per heavy atom. The second-order valence-electron chi connectivity index (χ2n) is 5.28. The number of alkyl halides is 1. The van der Waals surface area contributed by atoms with Crippen LogP contribution in [-0.4, -0.2) is 17.9 Å². The van der Waals surface area contributed by atoms with E-state index in [4.69, 9.17) is 4.74 Å². The first kappa shape index (κ1) is 19.2. The van der Waals surface area contributed by atoms with Gasteiger partial charge < -0.3 is 4.74 Å². The molecule has 0 saturated heterocycles. The van der Waals surface area contributed by atoms with Gasteiger partial charge in [-0.25, -0.2) is 0 Å². The van der Waals surface area contributed by atoms with Crippen LogP contribution in [0, 0.1) is 0 Å². The molecule has 0 atom stereocenters. The number of esters is 1. The van der Waals surface area contributed by atoms with Crippen LogP contribution in [0.1, 0.15) is 53.4 Å². The van der Waals surface area contributed by atoms with Crippen molar-refractivity contribution in [3.8, 4) is 0 Å². The van der Waals surface area contributed by atoms with Crippen LogP contribution in [-0.2, 0) is 9.53 Å². The monoisotopic (exact) mass is 342 g/mol. The highest BCUT2D eigenvalue weighted by atomic mass is 79.9. The van der Waals surface area contributed by atoms with Crippen LogP contribution < -0.4 is 0 Å². The summed E-state index contributed by atoms with van der Waals surface area (Å²) in [4.78, 5) is 10.9. The van der Waals surface area contributed by atoms with E-state index in [-0.39, 0.29) is 11.3 Å². The first-order valence-electron chi connectivity index (χ1n) is 7.12. The molecule has 114 valence electrons. The Morgan fingerprint density at radius 3 is 2.05 bits per heavy atom. The van der Waals surface area contributed by atoms with E-state index in [1.54, 1.807) is 0 Å². The molecule has 0 saturated carbocycles. The summed E-state index contributed by atoms with van der Waals surface area (Å²) in [5, 5.41) is 0.257. The van der Waals surface area contributed by atoms with Gasteiger partial charge in [0, 0.05) is 0 Å². The van der Waals surface area contributed by atoms with Gasteiger partial charge in [0.1, 0.15) is 11.9 Å². The average molecular weight is 343 g/mol. The molecule has 20 heavy (non-hydrogen) atoms. The minimum atomic E-state index is -0.218. The maximum atomic E-state index is 10.9. The van der Waals surface area contributed by atoms with Crippen LogP contribution in [0.5, 0.6) is 0 Å². The number of hydrogen-bond acceptors (Lipinski definition) is 2. The SMILES string of the molecule is CC(C)=CCCC(C)=CCCC(C)=CCOC(=O)CBr. The van der Waals surface area contributed by atoms with Crippen molar-refractivity contribution in [2.45, 2.75) is 53.4 Å². The Labute approximate surface area is 132 Å². The third-order valence-electron chi connectivity index (χ3n) is 2.91. The van der Waals surface area contributed by atoms with Crippen molar-refractivity contribution in [3.05, 3.63) is 34.9 Å². The Hall–Kier alpha value is -0.830. The molecular weight excluding hydrogens is 316 g/mol. The highest BCUT2D eigenvalue weighted by Gasteiger charge is 1.97. The summed E-state index contributed by atoms with van der Waals surface area (Å²) < 4.78 is 4.98.